The molecule has 11 aromatic carbocycles. The highest BCUT2D eigenvalue weighted by Gasteiger charge is 2.17. The van der Waals surface area contributed by atoms with E-state index in [0.717, 1.165) is 61.3 Å². The molecular formula is C62H39NOS. The molecule has 0 saturated heterocycles. The van der Waals surface area contributed by atoms with Gasteiger partial charge in [0.25, 0.3) is 0 Å². The normalized spacial score (nSPS) is 11.7. The van der Waals surface area contributed by atoms with Crippen LogP contribution in [0.1, 0.15) is 0 Å². The van der Waals surface area contributed by atoms with Gasteiger partial charge in [0.15, 0.2) is 0 Å². The molecule has 13 aromatic rings. The van der Waals surface area contributed by atoms with Gasteiger partial charge in [0.2, 0.25) is 0 Å². The van der Waals surface area contributed by atoms with Gasteiger partial charge >= 0.3 is 0 Å². The van der Waals surface area contributed by atoms with Crippen LogP contribution in [0.25, 0.3) is 108 Å². The predicted molar refractivity (Wildman–Crippen MR) is 278 cm³/mol. The molecule has 3 heteroatoms. The fourth-order valence-corrected chi connectivity index (χ4v) is 10.9. The van der Waals surface area contributed by atoms with E-state index in [1.54, 1.807) is 0 Å². The third kappa shape index (κ3) is 6.48. The Morgan fingerprint density at radius 2 is 0.815 bits per heavy atom. The summed E-state index contributed by atoms with van der Waals surface area (Å²) in [6.07, 6.45) is 0. The molecule has 304 valence electrons. The number of anilines is 3. The molecule has 0 N–H and O–H groups in total. The molecule has 0 radical (unpaired) electrons. The summed E-state index contributed by atoms with van der Waals surface area (Å²) in [6.45, 7) is 0. The van der Waals surface area contributed by atoms with Gasteiger partial charge in [-0.25, -0.2) is 0 Å². The zero-order chi connectivity index (χ0) is 42.8. The van der Waals surface area contributed by atoms with Crippen molar-refractivity contribution in [2.45, 2.75) is 0 Å². The molecule has 65 heavy (non-hydrogen) atoms. The molecular weight excluding hydrogens is 807 g/mol. The molecule has 2 heterocycles. The smallest absolute Gasteiger partial charge is 0.143 e. The van der Waals surface area contributed by atoms with E-state index in [2.05, 4.69) is 235 Å². The van der Waals surface area contributed by atoms with E-state index in [4.69, 9.17) is 4.42 Å². The van der Waals surface area contributed by atoms with E-state index in [-0.39, 0.29) is 0 Å². The highest BCUT2D eigenvalue weighted by atomic mass is 32.1. The Morgan fingerprint density at radius 3 is 1.54 bits per heavy atom. The number of fused-ring (bicyclic) bond motifs is 9. The van der Waals surface area contributed by atoms with Crippen molar-refractivity contribution in [2.75, 3.05) is 4.90 Å². The van der Waals surface area contributed by atoms with Gasteiger partial charge in [-0.05, 0) is 127 Å². The van der Waals surface area contributed by atoms with Crippen molar-refractivity contribution in [1.82, 2.24) is 0 Å². The summed E-state index contributed by atoms with van der Waals surface area (Å²) in [5.74, 6) is 0. The molecule has 0 atom stereocenters. The van der Waals surface area contributed by atoms with Crippen LogP contribution < -0.4 is 4.90 Å². The second kappa shape index (κ2) is 15.2. The molecule has 0 bridgehead atoms. The highest BCUT2D eigenvalue weighted by Crippen LogP contribution is 2.42. The highest BCUT2D eigenvalue weighted by molar-refractivity contribution is 7.25. The van der Waals surface area contributed by atoms with Crippen molar-refractivity contribution in [3.63, 3.8) is 0 Å². The lowest BCUT2D eigenvalue weighted by Crippen LogP contribution is -2.09. The van der Waals surface area contributed by atoms with Gasteiger partial charge in [0.05, 0.1) is 0 Å². The average Bonchev–Trinajstić information content (AvgIpc) is 3.95. The maximum Gasteiger partial charge on any atom is 0.143 e. The first-order valence-electron chi connectivity index (χ1n) is 22.1. The van der Waals surface area contributed by atoms with Crippen LogP contribution in [-0.2, 0) is 0 Å². The van der Waals surface area contributed by atoms with Crippen LogP contribution >= 0.6 is 11.3 Å². The fourth-order valence-electron chi connectivity index (χ4n) is 9.78. The number of nitrogens with zero attached hydrogens (tertiary/aromatic N) is 1. The Kier molecular flexibility index (Phi) is 8.75. The van der Waals surface area contributed by atoms with Gasteiger partial charge < -0.3 is 9.32 Å². The summed E-state index contributed by atoms with van der Waals surface area (Å²) < 4.78 is 9.15. The topological polar surface area (TPSA) is 16.4 Å². The van der Waals surface area contributed by atoms with Crippen molar-refractivity contribution in [1.29, 1.82) is 0 Å². The summed E-state index contributed by atoms with van der Waals surface area (Å²) in [7, 11) is 0. The lowest BCUT2D eigenvalue weighted by atomic mass is 9.97. The number of hydrogen-bond donors (Lipinski definition) is 0. The molecule has 2 aromatic heterocycles. The lowest BCUT2D eigenvalue weighted by molar-refractivity contribution is 0.670. The third-order valence-electron chi connectivity index (χ3n) is 13.1. The van der Waals surface area contributed by atoms with Crippen molar-refractivity contribution in [2.24, 2.45) is 0 Å². The van der Waals surface area contributed by atoms with Crippen LogP contribution in [0, 0.1) is 0 Å². The van der Waals surface area contributed by atoms with Gasteiger partial charge in [-0.2, -0.15) is 0 Å². The first kappa shape index (κ1) is 37.3. The average molecular weight is 846 g/mol. The van der Waals surface area contributed by atoms with E-state index >= 15 is 0 Å². The van der Waals surface area contributed by atoms with Crippen molar-refractivity contribution >= 4 is 92.1 Å². The number of thiophene rings is 1. The first-order chi connectivity index (χ1) is 32.2. The SMILES string of the molecule is c1ccc(-c2cccc3c2oc2ccc(-c4ccc(N(c5ccc(-c6ccc7c(ccc8ccccc87)c6)cc5)c5ccc(-c6ccc7c(c6)sc6ccccc67)cc5)cc4)cc23)cc1. The quantitative estimate of drug-likeness (QED) is 0.149. The minimum Gasteiger partial charge on any atom is -0.455 e. The van der Waals surface area contributed by atoms with Crippen molar-refractivity contribution < 1.29 is 4.42 Å². The maximum absolute atomic E-state index is 6.51. The molecule has 0 spiro atoms. The lowest BCUT2D eigenvalue weighted by Gasteiger charge is -2.26. The number of hydrogen-bond acceptors (Lipinski definition) is 3. The van der Waals surface area contributed by atoms with E-state index in [9.17, 15) is 0 Å². The Balaban J connectivity index is 0.864. The van der Waals surface area contributed by atoms with Gasteiger partial charge in [0, 0.05) is 53.6 Å². The molecule has 0 fully saturated rings. The van der Waals surface area contributed by atoms with Gasteiger partial charge in [0.1, 0.15) is 11.2 Å². The number of furan rings is 1. The zero-order valence-electron chi connectivity index (χ0n) is 35.3. The standard InChI is InChI=1S/C62H39NOS/c1-2-9-43(10-3-1)54-14-8-15-57-58-38-46(27-36-59(58)64-62(54)57)41-21-30-50(31-22-41)63(51-32-23-42(24-33-51)47-26-35-56-55-13-6-7-16-60(55)65-61(56)39-47)49-28-19-40(20-29-49)45-25-34-53-48(37-45)18-17-44-11-4-5-12-52(44)53/h1-39H. The van der Waals surface area contributed by atoms with E-state index in [1.807, 2.05) is 17.4 Å². The van der Waals surface area contributed by atoms with Gasteiger partial charge in [-0.15, -0.1) is 11.3 Å². The minimum atomic E-state index is 0.891. The van der Waals surface area contributed by atoms with Crippen LogP contribution in [0.3, 0.4) is 0 Å². The molecule has 0 aliphatic rings. The molecule has 13 rings (SSSR count). The molecule has 2 nitrogen and oxygen atoms in total. The Labute approximate surface area is 380 Å². The van der Waals surface area contributed by atoms with Crippen LogP contribution in [0.15, 0.2) is 241 Å². The fraction of sp³-hybridized carbons (Fsp3) is 0. The Hall–Kier alpha value is -8.24. The molecule has 0 aliphatic carbocycles. The van der Waals surface area contributed by atoms with Crippen LogP contribution in [0.4, 0.5) is 17.1 Å². The second-order valence-electron chi connectivity index (χ2n) is 16.9. The summed E-state index contributed by atoms with van der Waals surface area (Å²) in [5.41, 5.74) is 14.4. The van der Waals surface area contributed by atoms with Crippen molar-refractivity contribution in [3.8, 4) is 44.5 Å². The maximum atomic E-state index is 6.51. The molecule has 0 unspecified atom stereocenters. The third-order valence-corrected chi connectivity index (χ3v) is 14.2. The van der Waals surface area contributed by atoms with Gasteiger partial charge in [-0.3, -0.25) is 0 Å². The minimum absolute atomic E-state index is 0.891. The van der Waals surface area contributed by atoms with E-state index < -0.39 is 0 Å². The van der Waals surface area contributed by atoms with Crippen molar-refractivity contribution in [3.05, 3.63) is 237 Å². The largest absolute Gasteiger partial charge is 0.455 e. The summed E-state index contributed by atoms with van der Waals surface area (Å²) in [6, 6.07) is 85.9. The number of benzene rings is 11. The Morgan fingerprint density at radius 1 is 0.292 bits per heavy atom. The molecule has 0 aliphatic heterocycles. The zero-order valence-corrected chi connectivity index (χ0v) is 36.1. The van der Waals surface area contributed by atoms with E-state index in [0.29, 0.717) is 0 Å². The Bertz CT molecular complexity index is 3920. The summed E-state index contributed by atoms with van der Waals surface area (Å²) in [5, 5.41) is 9.96. The second-order valence-corrected chi connectivity index (χ2v) is 18.0. The molecule has 0 amide bonds. The predicted octanol–water partition coefficient (Wildman–Crippen LogP) is 18.4. The first-order valence-corrected chi connectivity index (χ1v) is 23.0. The van der Waals surface area contributed by atoms with Crippen LogP contribution in [0.2, 0.25) is 0 Å². The number of rotatable bonds is 7. The summed E-state index contributed by atoms with van der Waals surface area (Å²) in [4.78, 5) is 2.36. The van der Waals surface area contributed by atoms with Crippen LogP contribution in [0.5, 0.6) is 0 Å². The molecule has 0 saturated carbocycles. The van der Waals surface area contributed by atoms with E-state index in [1.165, 1.54) is 64.0 Å². The monoisotopic (exact) mass is 845 g/mol. The van der Waals surface area contributed by atoms with Gasteiger partial charge in [-0.1, -0.05) is 170 Å². The summed E-state index contributed by atoms with van der Waals surface area (Å²) >= 11 is 1.86. The van der Waals surface area contributed by atoms with Crippen LogP contribution in [-0.4, -0.2) is 0 Å². The number of para-hydroxylation sites is 1.